The number of carbonyl (C=O) groups excluding carboxylic acids is 1. The van der Waals surface area contributed by atoms with E-state index in [0.717, 1.165) is 32.0 Å². The van der Waals surface area contributed by atoms with Crippen molar-refractivity contribution >= 4 is 5.91 Å². The second-order valence-electron chi connectivity index (χ2n) is 5.98. The number of nitrogens with zero attached hydrogens (tertiary/aromatic N) is 1. The number of likely N-dealkylation sites (tertiary alicyclic amines) is 1. The Morgan fingerprint density at radius 1 is 1.41 bits per heavy atom. The molecule has 2 rings (SSSR count). The maximum absolute atomic E-state index is 13.3. The van der Waals surface area contributed by atoms with Gasteiger partial charge in [0.1, 0.15) is 11.6 Å². The minimum absolute atomic E-state index is 0.245. The Kier molecular flexibility index (Phi) is 6.19. The first-order valence-electron chi connectivity index (χ1n) is 7.94. The number of ether oxygens (including phenoxy) is 1. The van der Waals surface area contributed by atoms with Gasteiger partial charge in [-0.25, -0.2) is 4.39 Å². The number of carbonyl (C=O) groups is 1. The zero-order chi connectivity index (χ0) is 15.9. The number of rotatable bonds is 6. The van der Waals surface area contributed by atoms with Crippen molar-refractivity contribution in [2.75, 3.05) is 33.3 Å². The zero-order valence-electron chi connectivity index (χ0n) is 13.4. The lowest BCUT2D eigenvalue weighted by Gasteiger charge is -2.30. The average molecular weight is 308 g/mol. The number of nitrogens with one attached hydrogen (secondary N) is 1. The van der Waals surface area contributed by atoms with Crippen molar-refractivity contribution in [1.82, 2.24) is 10.2 Å². The van der Waals surface area contributed by atoms with Gasteiger partial charge < -0.3 is 15.0 Å². The van der Waals surface area contributed by atoms with Gasteiger partial charge in [-0.3, -0.25) is 4.79 Å². The maximum atomic E-state index is 13.3. The number of hydrogen-bond donors (Lipinski definition) is 1. The van der Waals surface area contributed by atoms with Crippen LogP contribution in [0.25, 0.3) is 0 Å². The molecule has 1 aliphatic rings. The Balaban J connectivity index is 1.75. The highest BCUT2D eigenvalue weighted by Crippen LogP contribution is 2.19. The van der Waals surface area contributed by atoms with E-state index in [1.807, 2.05) is 0 Å². The molecule has 0 saturated carbocycles. The van der Waals surface area contributed by atoms with Crippen LogP contribution in [0, 0.1) is 11.7 Å². The van der Waals surface area contributed by atoms with Gasteiger partial charge >= 0.3 is 0 Å². The van der Waals surface area contributed by atoms with E-state index < -0.39 is 5.82 Å². The van der Waals surface area contributed by atoms with Crippen molar-refractivity contribution < 1.29 is 13.9 Å². The summed E-state index contributed by atoms with van der Waals surface area (Å²) in [6.07, 6.45) is 3.41. The number of methoxy groups -OCH3 is 1. The number of benzene rings is 1. The number of amides is 1. The SMILES string of the molecule is COc1ccc(F)cc1C(=O)NCCCN1CCC(C)CC1. The molecule has 22 heavy (non-hydrogen) atoms. The molecule has 0 spiro atoms. The molecule has 1 aromatic rings. The molecule has 0 bridgehead atoms. The van der Waals surface area contributed by atoms with Crippen LogP contribution in [0.5, 0.6) is 5.75 Å². The maximum Gasteiger partial charge on any atom is 0.255 e. The molecule has 0 atom stereocenters. The molecule has 1 aliphatic heterocycles. The molecule has 122 valence electrons. The minimum atomic E-state index is -0.437. The molecule has 0 unspecified atom stereocenters. The van der Waals surface area contributed by atoms with Gasteiger partial charge in [0, 0.05) is 6.54 Å². The number of halogens is 1. The molecule has 1 heterocycles. The highest BCUT2D eigenvalue weighted by Gasteiger charge is 2.16. The van der Waals surface area contributed by atoms with Gasteiger partial charge in [0.2, 0.25) is 0 Å². The average Bonchev–Trinajstić information content (AvgIpc) is 2.53. The molecule has 0 aliphatic carbocycles. The van der Waals surface area contributed by atoms with E-state index in [-0.39, 0.29) is 11.5 Å². The summed E-state index contributed by atoms with van der Waals surface area (Å²) in [5.41, 5.74) is 0.245. The van der Waals surface area contributed by atoms with Gasteiger partial charge in [0.05, 0.1) is 12.7 Å². The molecular formula is C17H25FN2O2. The molecule has 0 aromatic heterocycles. The van der Waals surface area contributed by atoms with Crippen LogP contribution in [0.1, 0.15) is 36.5 Å². The third-order valence-electron chi connectivity index (χ3n) is 4.22. The molecular weight excluding hydrogens is 283 g/mol. The van der Waals surface area contributed by atoms with Crippen LogP contribution in [0.2, 0.25) is 0 Å². The monoisotopic (exact) mass is 308 g/mol. The van der Waals surface area contributed by atoms with Crippen LogP contribution in [0.4, 0.5) is 4.39 Å². The summed E-state index contributed by atoms with van der Waals surface area (Å²) in [4.78, 5) is 14.5. The van der Waals surface area contributed by atoms with E-state index in [9.17, 15) is 9.18 Å². The van der Waals surface area contributed by atoms with Crippen LogP contribution in [-0.2, 0) is 0 Å². The van der Waals surface area contributed by atoms with Crippen molar-refractivity contribution in [2.45, 2.75) is 26.2 Å². The first kappa shape index (κ1) is 16.7. The Morgan fingerprint density at radius 3 is 2.82 bits per heavy atom. The van der Waals surface area contributed by atoms with Crippen LogP contribution < -0.4 is 10.1 Å². The van der Waals surface area contributed by atoms with Gasteiger partial charge in [0.25, 0.3) is 5.91 Å². The third-order valence-corrected chi connectivity index (χ3v) is 4.22. The zero-order valence-corrected chi connectivity index (χ0v) is 13.4. The Hall–Kier alpha value is -1.62. The van der Waals surface area contributed by atoms with Gasteiger partial charge in [-0.05, 0) is 63.0 Å². The summed E-state index contributed by atoms with van der Waals surface area (Å²) in [6.45, 7) is 6.17. The fraction of sp³-hybridized carbons (Fsp3) is 0.588. The fourth-order valence-corrected chi connectivity index (χ4v) is 2.74. The lowest BCUT2D eigenvalue weighted by molar-refractivity contribution is 0.0947. The Bertz CT molecular complexity index is 499. The fourth-order valence-electron chi connectivity index (χ4n) is 2.74. The molecule has 4 nitrogen and oxygen atoms in total. The molecule has 1 aromatic carbocycles. The Labute approximate surface area is 131 Å². The van der Waals surface area contributed by atoms with E-state index in [0.29, 0.717) is 12.3 Å². The molecule has 5 heteroatoms. The van der Waals surface area contributed by atoms with Crippen LogP contribution in [0.15, 0.2) is 18.2 Å². The smallest absolute Gasteiger partial charge is 0.255 e. The lowest BCUT2D eigenvalue weighted by atomic mass is 9.99. The Morgan fingerprint density at radius 2 is 2.14 bits per heavy atom. The molecule has 1 N–H and O–H groups in total. The van der Waals surface area contributed by atoms with Crippen molar-refractivity contribution in [3.05, 3.63) is 29.6 Å². The second kappa shape index (κ2) is 8.13. The predicted molar refractivity (Wildman–Crippen MR) is 84.7 cm³/mol. The van der Waals surface area contributed by atoms with Crippen molar-refractivity contribution in [3.63, 3.8) is 0 Å². The lowest BCUT2D eigenvalue weighted by Crippen LogP contribution is -2.35. The summed E-state index contributed by atoms with van der Waals surface area (Å²) in [5, 5.41) is 2.84. The quantitative estimate of drug-likeness (QED) is 0.822. The molecule has 1 amide bonds. The highest BCUT2D eigenvalue weighted by molar-refractivity contribution is 5.96. The number of hydrogen-bond acceptors (Lipinski definition) is 3. The van der Waals surface area contributed by atoms with Crippen LogP contribution in [-0.4, -0.2) is 44.1 Å². The third kappa shape index (κ3) is 4.70. The summed E-state index contributed by atoms with van der Waals surface area (Å²) < 4.78 is 18.4. The first-order valence-corrected chi connectivity index (χ1v) is 7.94. The van der Waals surface area contributed by atoms with E-state index in [1.54, 1.807) is 0 Å². The predicted octanol–water partition coefficient (Wildman–Crippen LogP) is 2.69. The summed E-state index contributed by atoms with van der Waals surface area (Å²) >= 11 is 0. The molecule has 1 saturated heterocycles. The number of piperidine rings is 1. The van der Waals surface area contributed by atoms with E-state index in [2.05, 4.69) is 17.1 Å². The van der Waals surface area contributed by atoms with E-state index in [4.69, 9.17) is 4.74 Å². The normalized spacial score (nSPS) is 16.5. The largest absolute Gasteiger partial charge is 0.496 e. The second-order valence-corrected chi connectivity index (χ2v) is 5.98. The summed E-state index contributed by atoms with van der Waals surface area (Å²) in [6, 6.07) is 3.96. The van der Waals surface area contributed by atoms with Crippen LogP contribution in [0.3, 0.4) is 0 Å². The van der Waals surface area contributed by atoms with E-state index >= 15 is 0 Å². The van der Waals surface area contributed by atoms with Crippen LogP contribution >= 0.6 is 0 Å². The van der Waals surface area contributed by atoms with Crippen molar-refractivity contribution in [3.8, 4) is 5.75 Å². The van der Waals surface area contributed by atoms with E-state index in [1.165, 1.54) is 38.2 Å². The van der Waals surface area contributed by atoms with Crippen molar-refractivity contribution in [1.29, 1.82) is 0 Å². The topological polar surface area (TPSA) is 41.6 Å². The summed E-state index contributed by atoms with van der Waals surface area (Å²) in [7, 11) is 1.47. The molecule has 0 radical (unpaired) electrons. The molecule has 1 fully saturated rings. The van der Waals surface area contributed by atoms with Gasteiger partial charge in [-0.15, -0.1) is 0 Å². The van der Waals surface area contributed by atoms with Gasteiger partial charge in [0.15, 0.2) is 0 Å². The summed E-state index contributed by atoms with van der Waals surface area (Å²) in [5.74, 6) is 0.498. The standard InChI is InChI=1S/C17H25FN2O2/c1-13-6-10-20(11-7-13)9-3-8-19-17(21)15-12-14(18)4-5-16(15)22-2/h4-5,12-13H,3,6-11H2,1-2H3,(H,19,21). The highest BCUT2D eigenvalue weighted by atomic mass is 19.1. The van der Waals surface area contributed by atoms with Crippen molar-refractivity contribution in [2.24, 2.45) is 5.92 Å². The first-order chi connectivity index (χ1) is 10.6. The minimum Gasteiger partial charge on any atom is -0.496 e. The van der Waals surface area contributed by atoms with Gasteiger partial charge in [-0.1, -0.05) is 6.92 Å². The van der Waals surface area contributed by atoms with Gasteiger partial charge in [-0.2, -0.15) is 0 Å².